The fourth-order valence-electron chi connectivity index (χ4n) is 2.16. The van der Waals surface area contributed by atoms with Gasteiger partial charge in [0.25, 0.3) is 0 Å². The van der Waals surface area contributed by atoms with E-state index < -0.39 is 16.1 Å². The minimum Gasteiger partial charge on any atom is -0.272 e. The lowest BCUT2D eigenvalue weighted by atomic mass is 10.1. The van der Waals surface area contributed by atoms with E-state index in [4.69, 9.17) is 23.2 Å². The molecule has 1 aromatic carbocycles. The first-order valence-electron chi connectivity index (χ1n) is 6.76. The molecule has 1 unspecified atom stereocenters. The predicted octanol–water partition coefficient (Wildman–Crippen LogP) is 3.56. The molecular weight excluding hydrogens is 345 g/mol. The molecule has 1 aromatic heterocycles. The average molecular weight is 362 g/mol. The Hall–Kier alpha value is -1.08. The van der Waals surface area contributed by atoms with Crippen molar-refractivity contribution in [1.29, 1.82) is 0 Å². The van der Waals surface area contributed by atoms with E-state index in [0.717, 1.165) is 17.8 Å². The van der Waals surface area contributed by atoms with Crippen LogP contribution in [0, 0.1) is 6.92 Å². The van der Waals surface area contributed by atoms with E-state index in [0.29, 0.717) is 5.02 Å². The van der Waals surface area contributed by atoms with Gasteiger partial charge < -0.3 is 0 Å². The van der Waals surface area contributed by atoms with Gasteiger partial charge in [-0.25, -0.2) is 13.1 Å². The highest BCUT2D eigenvalue weighted by Crippen LogP contribution is 2.27. The predicted molar refractivity (Wildman–Crippen MR) is 87.8 cm³/mol. The standard InChI is InChI=1S/C14H17Cl2N3O2S/c1-4-19-8-12(9(2)17-19)10(3)18-22(20,21)14-7-11(15)5-6-13(14)16/h5-8,10,18H,4H2,1-3H3. The Kier molecular flexibility index (Phi) is 5.17. The van der Waals surface area contributed by atoms with Gasteiger partial charge in [-0.2, -0.15) is 5.10 Å². The largest absolute Gasteiger partial charge is 0.272 e. The Morgan fingerprint density at radius 1 is 1.36 bits per heavy atom. The van der Waals surface area contributed by atoms with E-state index in [1.54, 1.807) is 17.7 Å². The lowest BCUT2D eigenvalue weighted by Crippen LogP contribution is -2.27. The topological polar surface area (TPSA) is 64.0 Å². The number of aryl methyl sites for hydroxylation is 2. The summed E-state index contributed by atoms with van der Waals surface area (Å²) >= 11 is 11.8. The number of hydrogen-bond donors (Lipinski definition) is 1. The van der Waals surface area contributed by atoms with Gasteiger partial charge in [0.05, 0.1) is 10.7 Å². The van der Waals surface area contributed by atoms with Gasteiger partial charge in [-0.15, -0.1) is 0 Å². The van der Waals surface area contributed by atoms with Crippen molar-refractivity contribution in [2.45, 2.75) is 38.3 Å². The molecule has 0 bridgehead atoms. The number of nitrogens with one attached hydrogen (secondary N) is 1. The van der Waals surface area contributed by atoms with Gasteiger partial charge in [0.15, 0.2) is 0 Å². The van der Waals surface area contributed by atoms with Crippen LogP contribution in [0.1, 0.15) is 31.1 Å². The van der Waals surface area contributed by atoms with E-state index in [1.165, 1.54) is 12.1 Å². The Labute approximate surface area is 140 Å². The number of sulfonamides is 1. The highest BCUT2D eigenvalue weighted by molar-refractivity contribution is 7.89. The smallest absolute Gasteiger partial charge is 0.242 e. The van der Waals surface area contributed by atoms with Crippen molar-refractivity contribution in [3.8, 4) is 0 Å². The zero-order valence-corrected chi connectivity index (χ0v) is 14.8. The van der Waals surface area contributed by atoms with Crippen LogP contribution in [0.25, 0.3) is 0 Å². The third-order valence-electron chi connectivity index (χ3n) is 3.29. The third-order valence-corrected chi connectivity index (χ3v) is 5.55. The summed E-state index contributed by atoms with van der Waals surface area (Å²) < 4.78 is 29.4. The molecule has 5 nitrogen and oxygen atoms in total. The molecule has 22 heavy (non-hydrogen) atoms. The van der Waals surface area contributed by atoms with Crippen LogP contribution < -0.4 is 4.72 Å². The van der Waals surface area contributed by atoms with E-state index in [2.05, 4.69) is 9.82 Å². The minimum atomic E-state index is -3.78. The van der Waals surface area contributed by atoms with Crippen LogP contribution in [-0.2, 0) is 16.6 Å². The summed E-state index contributed by atoms with van der Waals surface area (Å²) in [6, 6.07) is 3.91. The zero-order valence-electron chi connectivity index (χ0n) is 12.5. The van der Waals surface area contributed by atoms with Crippen molar-refractivity contribution < 1.29 is 8.42 Å². The van der Waals surface area contributed by atoms with Gasteiger partial charge in [-0.1, -0.05) is 23.2 Å². The number of aromatic nitrogens is 2. The molecule has 0 aliphatic heterocycles. The number of hydrogen-bond acceptors (Lipinski definition) is 3. The second-order valence-electron chi connectivity index (χ2n) is 4.94. The Morgan fingerprint density at radius 3 is 2.64 bits per heavy atom. The molecule has 0 amide bonds. The van der Waals surface area contributed by atoms with Crippen molar-refractivity contribution in [3.63, 3.8) is 0 Å². The molecule has 0 radical (unpaired) electrons. The van der Waals surface area contributed by atoms with Crippen molar-refractivity contribution in [2.75, 3.05) is 0 Å². The molecule has 0 fully saturated rings. The number of rotatable bonds is 5. The molecule has 2 rings (SSSR count). The summed E-state index contributed by atoms with van der Waals surface area (Å²) in [5, 5.41) is 4.76. The van der Waals surface area contributed by atoms with Crippen molar-refractivity contribution >= 4 is 33.2 Å². The molecule has 0 saturated carbocycles. The summed E-state index contributed by atoms with van der Waals surface area (Å²) in [7, 11) is -3.78. The molecule has 1 N–H and O–H groups in total. The van der Waals surface area contributed by atoms with Crippen LogP contribution in [0.4, 0.5) is 0 Å². The quantitative estimate of drug-likeness (QED) is 0.885. The Bertz CT molecular complexity index is 787. The first-order chi connectivity index (χ1) is 10.2. The first kappa shape index (κ1) is 17.3. The first-order valence-corrected chi connectivity index (χ1v) is 9.00. The van der Waals surface area contributed by atoms with Gasteiger partial charge in [-0.05, 0) is 39.0 Å². The number of benzene rings is 1. The van der Waals surface area contributed by atoms with Crippen LogP contribution in [0.3, 0.4) is 0 Å². The maximum absolute atomic E-state index is 12.5. The normalized spacial score (nSPS) is 13.3. The molecular formula is C14H17Cl2N3O2S. The van der Waals surface area contributed by atoms with Crippen LogP contribution in [0.2, 0.25) is 10.0 Å². The van der Waals surface area contributed by atoms with Gasteiger partial charge in [0.1, 0.15) is 4.90 Å². The lowest BCUT2D eigenvalue weighted by molar-refractivity contribution is 0.566. The second kappa shape index (κ2) is 6.58. The lowest BCUT2D eigenvalue weighted by Gasteiger charge is -2.14. The van der Waals surface area contributed by atoms with Gasteiger partial charge in [0, 0.05) is 29.4 Å². The van der Waals surface area contributed by atoms with E-state index in [-0.39, 0.29) is 9.92 Å². The summed E-state index contributed by atoms with van der Waals surface area (Å²) in [5.74, 6) is 0. The summed E-state index contributed by atoms with van der Waals surface area (Å²) in [6.45, 7) is 6.30. The Balaban J connectivity index is 2.31. The Morgan fingerprint density at radius 2 is 2.05 bits per heavy atom. The van der Waals surface area contributed by atoms with Gasteiger partial charge in [-0.3, -0.25) is 4.68 Å². The van der Waals surface area contributed by atoms with E-state index in [1.807, 2.05) is 20.0 Å². The molecule has 1 atom stereocenters. The second-order valence-corrected chi connectivity index (χ2v) is 7.47. The molecule has 0 aliphatic carbocycles. The molecule has 120 valence electrons. The van der Waals surface area contributed by atoms with E-state index >= 15 is 0 Å². The summed E-state index contributed by atoms with van der Waals surface area (Å²) in [4.78, 5) is -0.0333. The highest BCUT2D eigenvalue weighted by Gasteiger charge is 2.23. The zero-order chi connectivity index (χ0) is 16.5. The fraction of sp³-hybridized carbons (Fsp3) is 0.357. The molecule has 8 heteroatoms. The molecule has 2 aromatic rings. The maximum atomic E-state index is 12.5. The molecule has 1 heterocycles. The third kappa shape index (κ3) is 3.63. The molecule has 0 aliphatic rings. The number of nitrogens with zero attached hydrogens (tertiary/aromatic N) is 2. The minimum absolute atomic E-state index is 0.0333. The monoisotopic (exact) mass is 361 g/mol. The highest BCUT2D eigenvalue weighted by atomic mass is 35.5. The SMILES string of the molecule is CCn1cc(C(C)NS(=O)(=O)c2cc(Cl)ccc2Cl)c(C)n1. The summed E-state index contributed by atoms with van der Waals surface area (Å²) in [6.07, 6.45) is 1.84. The average Bonchev–Trinajstić information content (AvgIpc) is 2.82. The van der Waals surface area contributed by atoms with Crippen LogP contribution in [-0.4, -0.2) is 18.2 Å². The van der Waals surface area contributed by atoms with Gasteiger partial charge >= 0.3 is 0 Å². The van der Waals surface area contributed by atoms with Gasteiger partial charge in [0.2, 0.25) is 10.0 Å². The molecule has 0 spiro atoms. The van der Waals surface area contributed by atoms with Crippen LogP contribution in [0.5, 0.6) is 0 Å². The van der Waals surface area contributed by atoms with Crippen molar-refractivity contribution in [2.24, 2.45) is 0 Å². The van der Waals surface area contributed by atoms with Crippen molar-refractivity contribution in [3.05, 3.63) is 45.7 Å². The van der Waals surface area contributed by atoms with Crippen LogP contribution in [0.15, 0.2) is 29.3 Å². The summed E-state index contributed by atoms with van der Waals surface area (Å²) in [5.41, 5.74) is 1.61. The fourth-order valence-corrected chi connectivity index (χ4v) is 4.15. The van der Waals surface area contributed by atoms with E-state index in [9.17, 15) is 8.42 Å². The number of halogens is 2. The molecule has 0 saturated heterocycles. The van der Waals surface area contributed by atoms with Crippen LogP contribution >= 0.6 is 23.2 Å². The van der Waals surface area contributed by atoms with Crippen molar-refractivity contribution in [1.82, 2.24) is 14.5 Å². The maximum Gasteiger partial charge on any atom is 0.242 e.